The third-order valence-electron chi connectivity index (χ3n) is 3.24. The fraction of sp³-hybridized carbons (Fsp3) is 0.429. The lowest BCUT2D eigenvalue weighted by Crippen LogP contribution is -2.11. The molecule has 6 nitrogen and oxygen atoms in total. The van der Waals surface area contributed by atoms with E-state index < -0.39 is 12.6 Å². The van der Waals surface area contributed by atoms with E-state index >= 15 is 0 Å². The summed E-state index contributed by atoms with van der Waals surface area (Å²) in [6.45, 7) is 2.45. The molecule has 0 amide bonds. The predicted molar refractivity (Wildman–Crippen MR) is 84.2 cm³/mol. The molecule has 0 fully saturated rings. The summed E-state index contributed by atoms with van der Waals surface area (Å²) in [5.41, 5.74) is 1.25. The van der Waals surface area contributed by atoms with Gasteiger partial charge in [0.25, 0.3) is 0 Å². The van der Waals surface area contributed by atoms with Crippen LogP contribution in [-0.4, -0.2) is 37.3 Å². The van der Waals surface area contributed by atoms with Crippen molar-refractivity contribution in [3.8, 4) is 0 Å². The second-order valence-electron chi connectivity index (χ2n) is 5.24. The molecule has 3 aromatic heterocycles. The number of nitrogens with one attached hydrogen (secondary N) is 1. The van der Waals surface area contributed by atoms with E-state index in [1.807, 2.05) is 13.1 Å². The molecule has 3 rings (SSSR count). The monoisotopic (exact) mass is 356 g/mol. The second kappa shape index (κ2) is 6.71. The number of aryl methyl sites for hydroxylation is 2. The maximum absolute atomic E-state index is 12.2. The van der Waals surface area contributed by atoms with E-state index in [2.05, 4.69) is 25.4 Å². The predicted octanol–water partition coefficient (Wildman–Crippen LogP) is 3.04. The molecule has 3 aromatic rings. The standard InChI is InChI=1S/C14H15F3N6S/c1-9-22-23-8-11(21-13(23)24-9)4-7-19-12-18-6-3-10(20-12)2-5-14(15,16)17/h3,6,8H,2,4-5,7H2,1H3,(H,18,19,20). The van der Waals surface area contributed by atoms with Gasteiger partial charge < -0.3 is 5.32 Å². The Morgan fingerprint density at radius 3 is 2.79 bits per heavy atom. The zero-order valence-electron chi connectivity index (χ0n) is 12.8. The van der Waals surface area contributed by atoms with Crippen molar-refractivity contribution < 1.29 is 13.2 Å². The molecule has 3 heterocycles. The molecule has 0 saturated heterocycles. The molecule has 128 valence electrons. The van der Waals surface area contributed by atoms with Gasteiger partial charge in [0, 0.05) is 31.3 Å². The van der Waals surface area contributed by atoms with Gasteiger partial charge in [0.15, 0.2) is 0 Å². The molecule has 0 atom stereocenters. The summed E-state index contributed by atoms with van der Waals surface area (Å²) in [7, 11) is 0. The fourth-order valence-corrected chi connectivity index (χ4v) is 2.90. The van der Waals surface area contributed by atoms with Crippen LogP contribution in [-0.2, 0) is 12.8 Å². The van der Waals surface area contributed by atoms with Crippen molar-refractivity contribution >= 4 is 22.2 Å². The minimum Gasteiger partial charge on any atom is -0.354 e. The second-order valence-corrected chi connectivity index (χ2v) is 6.40. The molecular weight excluding hydrogens is 341 g/mol. The van der Waals surface area contributed by atoms with E-state index in [4.69, 9.17) is 0 Å². The number of aromatic nitrogens is 5. The minimum absolute atomic E-state index is 0.150. The van der Waals surface area contributed by atoms with Crippen molar-refractivity contribution in [1.29, 1.82) is 0 Å². The average molecular weight is 356 g/mol. The first-order valence-electron chi connectivity index (χ1n) is 7.33. The number of anilines is 1. The van der Waals surface area contributed by atoms with Gasteiger partial charge >= 0.3 is 6.18 Å². The van der Waals surface area contributed by atoms with Gasteiger partial charge in [0.2, 0.25) is 10.9 Å². The van der Waals surface area contributed by atoms with E-state index in [-0.39, 0.29) is 6.42 Å². The number of fused-ring (bicyclic) bond motifs is 1. The van der Waals surface area contributed by atoms with E-state index in [1.165, 1.54) is 23.6 Å². The molecule has 0 unspecified atom stereocenters. The Morgan fingerprint density at radius 2 is 2.04 bits per heavy atom. The zero-order valence-corrected chi connectivity index (χ0v) is 13.7. The van der Waals surface area contributed by atoms with Gasteiger partial charge in [-0.05, 0) is 19.4 Å². The first kappa shape index (κ1) is 16.6. The van der Waals surface area contributed by atoms with Crippen LogP contribution in [0.15, 0.2) is 18.5 Å². The van der Waals surface area contributed by atoms with Gasteiger partial charge in [-0.3, -0.25) is 0 Å². The maximum Gasteiger partial charge on any atom is 0.389 e. The average Bonchev–Trinajstić information content (AvgIpc) is 3.02. The van der Waals surface area contributed by atoms with Gasteiger partial charge in [-0.2, -0.15) is 18.3 Å². The molecule has 0 spiro atoms. The van der Waals surface area contributed by atoms with Crippen molar-refractivity contribution in [2.45, 2.75) is 32.4 Å². The lowest BCUT2D eigenvalue weighted by atomic mass is 10.2. The summed E-state index contributed by atoms with van der Waals surface area (Å²) in [4.78, 5) is 13.4. The fourth-order valence-electron chi connectivity index (χ4n) is 2.16. The summed E-state index contributed by atoms with van der Waals surface area (Å²) in [5.74, 6) is 0.324. The zero-order chi connectivity index (χ0) is 17.2. The number of nitrogens with zero attached hydrogens (tertiary/aromatic N) is 5. The van der Waals surface area contributed by atoms with Gasteiger partial charge in [0.05, 0.1) is 11.9 Å². The van der Waals surface area contributed by atoms with Crippen LogP contribution in [0.1, 0.15) is 22.8 Å². The number of alkyl halides is 3. The lowest BCUT2D eigenvalue weighted by Gasteiger charge is -2.07. The van der Waals surface area contributed by atoms with Gasteiger partial charge in [0.1, 0.15) is 5.01 Å². The maximum atomic E-state index is 12.2. The van der Waals surface area contributed by atoms with Gasteiger partial charge in [-0.15, -0.1) is 0 Å². The van der Waals surface area contributed by atoms with Crippen LogP contribution in [0.25, 0.3) is 4.96 Å². The van der Waals surface area contributed by atoms with Crippen molar-refractivity contribution in [3.05, 3.63) is 34.9 Å². The summed E-state index contributed by atoms with van der Waals surface area (Å²) < 4.78 is 38.5. The number of hydrogen-bond acceptors (Lipinski definition) is 6. The molecule has 24 heavy (non-hydrogen) atoms. The number of imidazole rings is 1. The highest BCUT2D eigenvalue weighted by atomic mass is 32.1. The molecule has 1 N–H and O–H groups in total. The summed E-state index contributed by atoms with van der Waals surface area (Å²) in [6.07, 6.45) is -1.25. The smallest absolute Gasteiger partial charge is 0.354 e. The van der Waals surface area contributed by atoms with Crippen molar-refractivity contribution in [1.82, 2.24) is 24.6 Å². The van der Waals surface area contributed by atoms with Crippen molar-refractivity contribution in [3.63, 3.8) is 0 Å². The third-order valence-corrected chi connectivity index (χ3v) is 4.07. The van der Waals surface area contributed by atoms with Crippen LogP contribution in [0.4, 0.5) is 19.1 Å². The third kappa shape index (κ3) is 4.40. The molecule has 0 saturated carbocycles. The van der Waals surface area contributed by atoms with Crippen LogP contribution in [0.3, 0.4) is 0 Å². The minimum atomic E-state index is -4.18. The van der Waals surface area contributed by atoms with Crippen LogP contribution in [0, 0.1) is 6.92 Å². The molecular formula is C14H15F3N6S. The Hall–Kier alpha value is -2.23. The molecule has 0 aliphatic heterocycles. The molecule has 0 aliphatic carbocycles. The van der Waals surface area contributed by atoms with Crippen LogP contribution in [0.2, 0.25) is 0 Å². The van der Waals surface area contributed by atoms with Crippen molar-refractivity contribution in [2.75, 3.05) is 11.9 Å². The van der Waals surface area contributed by atoms with Crippen LogP contribution in [0.5, 0.6) is 0 Å². The van der Waals surface area contributed by atoms with E-state index in [0.29, 0.717) is 24.6 Å². The molecule has 0 radical (unpaired) electrons. The Morgan fingerprint density at radius 1 is 1.21 bits per heavy atom. The Balaban J connectivity index is 1.53. The summed E-state index contributed by atoms with van der Waals surface area (Å²) in [5, 5.41) is 8.25. The number of hydrogen-bond donors (Lipinski definition) is 1. The van der Waals surface area contributed by atoms with Crippen LogP contribution >= 0.6 is 11.3 Å². The number of rotatable bonds is 6. The molecule has 0 aliphatic rings. The topological polar surface area (TPSA) is 68.0 Å². The highest BCUT2D eigenvalue weighted by molar-refractivity contribution is 7.16. The van der Waals surface area contributed by atoms with Gasteiger partial charge in [-0.1, -0.05) is 11.3 Å². The van der Waals surface area contributed by atoms with Gasteiger partial charge in [-0.25, -0.2) is 19.5 Å². The Kier molecular flexibility index (Phi) is 4.65. The quantitative estimate of drug-likeness (QED) is 0.735. The molecule has 10 heteroatoms. The van der Waals surface area contributed by atoms with Crippen LogP contribution < -0.4 is 5.32 Å². The Bertz CT molecular complexity index is 794. The molecule has 0 aromatic carbocycles. The SMILES string of the molecule is Cc1nn2cc(CCNc3nccc(CCC(F)(F)F)n3)nc2s1. The van der Waals surface area contributed by atoms with E-state index in [0.717, 1.165) is 15.7 Å². The largest absolute Gasteiger partial charge is 0.389 e. The summed E-state index contributed by atoms with van der Waals surface area (Å²) in [6, 6.07) is 1.49. The van der Waals surface area contributed by atoms with Crippen molar-refractivity contribution in [2.24, 2.45) is 0 Å². The van der Waals surface area contributed by atoms with E-state index in [1.54, 1.807) is 4.52 Å². The number of halogens is 3. The summed E-state index contributed by atoms with van der Waals surface area (Å²) >= 11 is 1.52. The first-order chi connectivity index (χ1) is 11.4. The van der Waals surface area contributed by atoms with E-state index in [9.17, 15) is 13.2 Å². The highest BCUT2D eigenvalue weighted by Gasteiger charge is 2.26. The first-order valence-corrected chi connectivity index (χ1v) is 8.15. The molecule has 0 bridgehead atoms. The normalized spacial score (nSPS) is 12.0. The highest BCUT2D eigenvalue weighted by Crippen LogP contribution is 2.21. The lowest BCUT2D eigenvalue weighted by molar-refractivity contribution is -0.134. The Labute approximate surface area is 139 Å².